The largest absolute Gasteiger partial charge is 0.506 e. The van der Waals surface area contributed by atoms with Crippen LogP contribution >= 0.6 is 0 Å². The van der Waals surface area contributed by atoms with Crippen LogP contribution in [0.5, 0.6) is 23.0 Å². The number of aliphatic hydroxyl groups excluding tert-OH is 3. The maximum absolute atomic E-state index is 12.2. The third kappa shape index (κ3) is 40.3. The molecule has 6 saturated carbocycles. The van der Waals surface area contributed by atoms with E-state index in [2.05, 4.69) is 52.3 Å². The van der Waals surface area contributed by atoms with E-state index in [9.17, 15) is 58.5 Å². The van der Waals surface area contributed by atoms with Gasteiger partial charge in [0.25, 0.3) is 0 Å². The molecule has 36 nitrogen and oxygen atoms in total. The lowest BCUT2D eigenvalue weighted by molar-refractivity contribution is -0.148. The van der Waals surface area contributed by atoms with E-state index >= 15 is 0 Å². The van der Waals surface area contributed by atoms with Crippen LogP contribution in [0.1, 0.15) is 301 Å². The molecule has 0 spiro atoms. The normalized spacial score (nSPS) is 23.3. The number of ether oxygens (including phenoxy) is 9. The van der Waals surface area contributed by atoms with Crippen molar-refractivity contribution in [1.29, 1.82) is 0 Å². The van der Waals surface area contributed by atoms with Crippen molar-refractivity contribution in [1.82, 2.24) is 54.4 Å². The molecule has 0 unspecified atom stereocenters. The van der Waals surface area contributed by atoms with Crippen LogP contribution in [-0.4, -0.2) is 274 Å². The summed E-state index contributed by atoms with van der Waals surface area (Å²) in [6, 6.07) is 11.1. The van der Waals surface area contributed by atoms with Crippen LogP contribution in [-0.2, 0) is 52.3 Å². The standard InChI is InChI=1S/C22H32N2O5.C18H26N2O4.C14H19NO2.2C13H17NO3.C12H20N4O2.C10H13NO.C9H17NO3.CH4/c1-14(2)20(25)28-12-16-9-19(16)15-8-18(11-23-10-15)27-13-17-6-7-24(17)21(26)29-22(3,4)5;1-18(2,3)24-17(22)20-5-4-14(20)11-23-15-6-12(8-19-9-15)16-7-13(16)10-21;1-9(2)14(16)17-8-12-5-13(12)11-4-10(3)6-15-7-11;2*1-8(2)13(16)17-7-10-4-12(10)9-3-11(15)6-14-5-9;17-11(15-7-3-1-4-8-15)13-14-12(18)16-9-5-2-6-10-16;1-7-2-8(5-11-4-7)10-3-9(10)6-12;1-9(2,3)13-8(12)10-5-4-7(10)6-11;/h8,10-11,14,16-17,19H,6-7,9,12-13H2,1-5H3;6,8-9,13-14,16,21H,4-5,7,10-11H2,1-3H3;4,6-7,9,12-13H,5,8H2,1-3H3;2*3,5-6,8,10,12,15H,4,7H2,1-2H3;1-10H2;2,4-5,9-10,12H,3,6H2,1H3;7,11H,4-6H2,1-3H3;1H4/t16-,17-,19-;13-,14-,16-;12-,13-;2*10-,12-;;9-,10-;7-;/m00000.00./s1. The Kier molecular flexibility index (Phi) is 45.9. The first-order valence-electron chi connectivity index (χ1n) is 52.5. The maximum Gasteiger partial charge on any atom is 0.410 e. The molecule has 5 aliphatic heterocycles. The Morgan fingerprint density at radius 3 is 0.831 bits per heavy atom. The molecule has 15 atom stereocenters. The topological polar surface area (TPSA) is 456 Å². The molecule has 6 aromatic rings. The molecule has 5 N–H and O–H groups in total. The molecule has 6 aromatic heterocycles. The number of urea groups is 2. The number of amides is 7. The summed E-state index contributed by atoms with van der Waals surface area (Å²) in [5, 5.41) is 52.6. The van der Waals surface area contributed by atoms with Crippen molar-refractivity contribution in [2.45, 2.75) is 306 Å². The number of aromatic hydroxyl groups is 2. The van der Waals surface area contributed by atoms with E-state index in [1.165, 1.54) is 34.6 Å². The van der Waals surface area contributed by atoms with Gasteiger partial charge in [0.2, 0.25) is 0 Å². The minimum atomic E-state index is -0.499. The van der Waals surface area contributed by atoms with Crippen LogP contribution < -0.4 is 9.47 Å². The minimum Gasteiger partial charge on any atom is -0.506 e. The number of hydrogen-bond acceptors (Lipinski definition) is 29. The molecule has 11 aliphatic rings. The van der Waals surface area contributed by atoms with Crippen LogP contribution in [0.25, 0.3) is 0 Å². The first-order chi connectivity index (χ1) is 69.8. The van der Waals surface area contributed by atoms with Gasteiger partial charge in [-0.2, -0.15) is 0 Å². The molecule has 36 heteroatoms. The third-order valence-electron chi connectivity index (χ3n) is 26.9. The minimum absolute atomic E-state index is 0. The molecular weight excluding hydrogens is 1900 g/mol. The van der Waals surface area contributed by atoms with Gasteiger partial charge in [-0.15, -0.1) is 0 Å². The number of azo groups is 1. The molecule has 148 heavy (non-hydrogen) atoms. The van der Waals surface area contributed by atoms with Crippen LogP contribution in [0.2, 0.25) is 0 Å². The number of hydrogen-bond donors (Lipinski definition) is 5. The number of aromatic nitrogens is 6. The van der Waals surface area contributed by atoms with Gasteiger partial charge in [0.05, 0.1) is 99.6 Å². The van der Waals surface area contributed by atoms with Crippen molar-refractivity contribution >= 4 is 54.2 Å². The SMILES string of the molecule is C.CC(C)(C)OC(=O)N1CC[C@H]1CO.CC(C)(C)OC(=O)N1CC[C@H]1COc1cncc([C@@H]2C[C@H]2CO)c1.CC(C)C(=O)OC[C@@H]1C[C@H]1c1cncc(O)c1.CC(C)C(=O)OC[C@@H]1C[C@H]1c1cncc(O)c1.CC(C)C(=O)OC[C@@H]1C[C@H]1c1cncc(OC[C@@H]2CCN2C(=O)OC(C)(C)C)c1.Cc1cncc([C@@H]2C[C@H]2CO)c1.Cc1cncc([C@@H]2C[C@H]2COC(=O)C(C)C)c1.O=C(N=NC(=O)N1CCCCC1)N1CCCCC1. The molecule has 7 amide bonds. The van der Waals surface area contributed by atoms with Crippen molar-refractivity contribution in [2.24, 2.45) is 69.4 Å². The fourth-order valence-corrected chi connectivity index (χ4v) is 17.1. The highest BCUT2D eigenvalue weighted by Gasteiger charge is 2.46. The molecular formula is C112H165N13O23. The molecule has 0 radical (unpaired) electrons. The molecule has 0 bridgehead atoms. The van der Waals surface area contributed by atoms with Gasteiger partial charge in [0.15, 0.2) is 0 Å². The average molecular weight is 2060 g/mol. The highest BCUT2D eigenvalue weighted by molar-refractivity contribution is 5.80. The smallest absolute Gasteiger partial charge is 0.410 e. The van der Waals surface area contributed by atoms with Crippen LogP contribution in [0, 0.1) is 73.0 Å². The average Bonchev–Trinajstić information content (AvgIpc) is 1.60. The number of rotatable bonds is 27. The summed E-state index contributed by atoms with van der Waals surface area (Å²) in [6.45, 7) is 43.9. The van der Waals surface area contributed by atoms with E-state index in [4.69, 9.17) is 52.8 Å². The van der Waals surface area contributed by atoms with Gasteiger partial charge >= 0.3 is 54.2 Å². The number of esters is 4. The summed E-state index contributed by atoms with van der Waals surface area (Å²) in [4.78, 5) is 138. The Labute approximate surface area is 874 Å². The summed E-state index contributed by atoms with van der Waals surface area (Å²) in [7, 11) is 0. The number of pyridine rings is 6. The van der Waals surface area contributed by atoms with Crippen molar-refractivity contribution in [2.75, 3.05) is 105 Å². The zero-order chi connectivity index (χ0) is 107. The molecule has 816 valence electrons. The summed E-state index contributed by atoms with van der Waals surface area (Å²) >= 11 is 0. The van der Waals surface area contributed by atoms with Gasteiger partial charge in [-0.3, -0.25) is 49.1 Å². The van der Waals surface area contributed by atoms with Crippen molar-refractivity contribution in [3.63, 3.8) is 0 Å². The van der Waals surface area contributed by atoms with Crippen molar-refractivity contribution in [3.05, 3.63) is 155 Å². The Balaban J connectivity index is 0.000000190. The van der Waals surface area contributed by atoms with Gasteiger partial charge in [-0.25, -0.2) is 24.0 Å². The molecule has 5 saturated heterocycles. The van der Waals surface area contributed by atoms with Crippen LogP contribution in [0.3, 0.4) is 0 Å². The second-order valence-electron chi connectivity index (χ2n) is 44.6. The number of likely N-dealkylation sites (tertiary alicyclic amines) is 5. The lowest BCUT2D eigenvalue weighted by Crippen LogP contribution is -2.55. The summed E-state index contributed by atoms with van der Waals surface area (Å²) in [5.74, 6) is 5.99. The number of carbonyl (C=O) groups excluding carboxylic acids is 9. The van der Waals surface area contributed by atoms with E-state index in [1.54, 1.807) is 61.4 Å². The van der Waals surface area contributed by atoms with E-state index in [-0.39, 0.29) is 128 Å². The number of carbonyl (C=O) groups is 9. The predicted molar refractivity (Wildman–Crippen MR) is 556 cm³/mol. The van der Waals surface area contributed by atoms with Gasteiger partial charge < -0.3 is 92.7 Å². The number of piperidine rings is 2. The second-order valence-corrected chi connectivity index (χ2v) is 44.6. The number of aryl methyl sites for hydroxylation is 2. The number of aliphatic hydroxyl groups is 3. The highest BCUT2D eigenvalue weighted by atomic mass is 16.6. The van der Waals surface area contributed by atoms with Crippen molar-refractivity contribution in [3.8, 4) is 23.0 Å². The summed E-state index contributed by atoms with van der Waals surface area (Å²) < 4.78 is 48.7. The fraction of sp³-hybridized carbons (Fsp3) is 0.652. The zero-order valence-corrected chi connectivity index (χ0v) is 89.7. The van der Waals surface area contributed by atoms with E-state index < -0.39 is 16.8 Å². The Morgan fingerprint density at radius 1 is 0.331 bits per heavy atom. The van der Waals surface area contributed by atoms with Gasteiger partial charge in [-0.1, -0.05) is 85.2 Å². The van der Waals surface area contributed by atoms with Gasteiger partial charge in [0.1, 0.15) is 53.0 Å². The lowest BCUT2D eigenvalue weighted by atomic mass is 10.1. The Bertz CT molecular complexity index is 5060. The summed E-state index contributed by atoms with van der Waals surface area (Å²) in [6.07, 6.45) is 35.4. The quantitative estimate of drug-likeness (QED) is 0.0182. The molecule has 0 aromatic carbocycles. The maximum atomic E-state index is 12.2. The van der Waals surface area contributed by atoms with Gasteiger partial charge in [0, 0.05) is 132 Å². The lowest BCUT2D eigenvalue weighted by Gasteiger charge is -2.41. The zero-order valence-electron chi connectivity index (χ0n) is 89.7. The van der Waals surface area contributed by atoms with Gasteiger partial charge in [-0.05, 0) is 289 Å². The number of nitrogens with zero attached hydrogens (tertiary/aromatic N) is 13. The fourth-order valence-electron chi connectivity index (χ4n) is 17.1. The first-order valence-corrected chi connectivity index (χ1v) is 52.5. The molecule has 11 fully saturated rings. The van der Waals surface area contributed by atoms with Crippen LogP contribution in [0.4, 0.5) is 24.0 Å². The highest BCUT2D eigenvalue weighted by Crippen LogP contribution is 2.52. The Hall–Kier alpha value is -11.8. The second kappa shape index (κ2) is 56.7. The van der Waals surface area contributed by atoms with E-state index in [0.29, 0.717) is 148 Å². The van der Waals surface area contributed by atoms with Crippen molar-refractivity contribution < 1.29 is 111 Å². The summed E-state index contributed by atoms with van der Waals surface area (Å²) in [5.41, 5.74) is 7.78. The third-order valence-corrected chi connectivity index (χ3v) is 26.9. The van der Waals surface area contributed by atoms with E-state index in [1.807, 2.05) is 181 Å². The molecule has 17 rings (SSSR count). The molecule has 11 heterocycles. The van der Waals surface area contributed by atoms with Crippen LogP contribution in [0.15, 0.2) is 121 Å². The Morgan fingerprint density at radius 2 is 0.588 bits per heavy atom. The first kappa shape index (κ1) is 120. The monoisotopic (exact) mass is 2060 g/mol. The molecule has 6 aliphatic carbocycles. The predicted octanol–water partition coefficient (Wildman–Crippen LogP) is 19.0. The van der Waals surface area contributed by atoms with E-state index in [0.717, 1.165) is 145 Å².